The molecule has 0 saturated heterocycles. The highest BCUT2D eigenvalue weighted by molar-refractivity contribution is 7.89. The van der Waals surface area contributed by atoms with Crippen LogP contribution in [0.5, 0.6) is 5.75 Å². The fourth-order valence-electron chi connectivity index (χ4n) is 5.20. The minimum Gasteiger partial charge on any atom is -0.492 e. The third-order valence-electron chi connectivity index (χ3n) is 7.00. The third-order valence-corrected chi connectivity index (χ3v) is 8.03. The van der Waals surface area contributed by atoms with Gasteiger partial charge in [0.2, 0.25) is 10.0 Å². The second-order valence-corrected chi connectivity index (χ2v) is 12.0. The predicted octanol–water partition coefficient (Wildman–Crippen LogP) is 4.95. The lowest BCUT2D eigenvalue weighted by molar-refractivity contribution is 0.293. The van der Waals surface area contributed by atoms with E-state index in [2.05, 4.69) is 36.6 Å². The van der Waals surface area contributed by atoms with Gasteiger partial charge >= 0.3 is 0 Å². The molecule has 1 fully saturated rings. The van der Waals surface area contributed by atoms with Gasteiger partial charge in [-0.2, -0.15) is 0 Å². The van der Waals surface area contributed by atoms with Crippen LogP contribution in [0.25, 0.3) is 11.3 Å². The summed E-state index contributed by atoms with van der Waals surface area (Å²) in [6.45, 7) is 9.39. The van der Waals surface area contributed by atoms with Crippen molar-refractivity contribution >= 4 is 15.7 Å². The van der Waals surface area contributed by atoms with Crippen molar-refractivity contribution in [3.05, 3.63) is 35.0 Å². The first kappa shape index (κ1) is 23.8. The Hall–Kier alpha value is -2.32. The number of hydrogen-bond acceptors (Lipinski definition) is 5. The number of aromatic nitrogens is 1. The summed E-state index contributed by atoms with van der Waals surface area (Å²) in [5.74, 6) is 1.24. The molecule has 0 radical (unpaired) electrons. The summed E-state index contributed by atoms with van der Waals surface area (Å²) < 4.78 is 32.9. The number of primary sulfonamides is 1. The first-order valence-electron chi connectivity index (χ1n) is 11.8. The van der Waals surface area contributed by atoms with Crippen LogP contribution in [0.1, 0.15) is 76.1 Å². The molecular formula is C25H35N3O4S. The highest BCUT2D eigenvalue weighted by atomic mass is 32.2. The molecule has 4 rings (SSSR count). The molecule has 0 atom stereocenters. The minimum absolute atomic E-state index is 0.163. The number of hydrogen-bond donors (Lipinski definition) is 2. The Bertz CT molecular complexity index is 1180. The molecule has 8 heteroatoms. The van der Waals surface area contributed by atoms with Crippen LogP contribution in [0.2, 0.25) is 0 Å². The van der Waals surface area contributed by atoms with Crippen LogP contribution in [-0.4, -0.2) is 30.5 Å². The molecule has 3 N–H and O–H groups in total. The average molecular weight is 474 g/mol. The van der Waals surface area contributed by atoms with Gasteiger partial charge in [0.05, 0.1) is 12.3 Å². The molecule has 2 aliphatic rings. The van der Waals surface area contributed by atoms with E-state index in [9.17, 15) is 13.6 Å². The molecule has 33 heavy (non-hydrogen) atoms. The van der Waals surface area contributed by atoms with Gasteiger partial charge in [-0.3, -0.25) is 0 Å². The van der Waals surface area contributed by atoms with Crippen LogP contribution >= 0.6 is 0 Å². The van der Waals surface area contributed by atoms with Gasteiger partial charge in [-0.05, 0) is 54.9 Å². The molecule has 0 spiro atoms. The summed E-state index contributed by atoms with van der Waals surface area (Å²) in [7, 11) is -3.86. The summed E-state index contributed by atoms with van der Waals surface area (Å²) in [6, 6.07) is 5.73. The van der Waals surface area contributed by atoms with Crippen molar-refractivity contribution in [2.45, 2.75) is 83.1 Å². The van der Waals surface area contributed by atoms with E-state index in [0.717, 1.165) is 47.5 Å². The van der Waals surface area contributed by atoms with Gasteiger partial charge in [0.1, 0.15) is 10.6 Å². The highest BCUT2D eigenvalue weighted by Gasteiger charge is 2.30. The van der Waals surface area contributed by atoms with Crippen molar-refractivity contribution in [3.8, 4) is 17.0 Å². The quantitative estimate of drug-likeness (QED) is 0.484. The second-order valence-electron chi connectivity index (χ2n) is 10.4. The lowest BCUT2D eigenvalue weighted by atomic mass is 9.82. The summed E-state index contributed by atoms with van der Waals surface area (Å²) >= 11 is 0. The van der Waals surface area contributed by atoms with Crippen LogP contribution in [0.3, 0.4) is 0 Å². The number of rotatable bonds is 4. The Morgan fingerprint density at radius 1 is 1.18 bits per heavy atom. The molecule has 1 aromatic heterocycles. The molecule has 180 valence electrons. The molecule has 0 unspecified atom stereocenters. The summed E-state index contributed by atoms with van der Waals surface area (Å²) in [5.41, 5.74) is 4.47. The lowest BCUT2D eigenvalue weighted by Gasteiger charge is -2.29. The Balaban J connectivity index is 1.94. The molecule has 7 nitrogen and oxygen atoms in total. The maximum atomic E-state index is 12.4. The Kier molecular flexibility index (Phi) is 6.35. The van der Waals surface area contributed by atoms with Gasteiger partial charge in [-0.15, -0.1) is 0 Å². The Morgan fingerprint density at radius 2 is 1.88 bits per heavy atom. The van der Waals surface area contributed by atoms with Gasteiger partial charge in [-0.1, -0.05) is 45.2 Å². The molecule has 1 aliphatic carbocycles. The van der Waals surface area contributed by atoms with Crippen molar-refractivity contribution in [2.24, 2.45) is 16.2 Å². The Morgan fingerprint density at radius 3 is 2.48 bits per heavy atom. The number of fused-ring (bicyclic) bond motifs is 1. The van der Waals surface area contributed by atoms with Gasteiger partial charge < -0.3 is 14.5 Å². The zero-order valence-corrected chi connectivity index (χ0v) is 20.8. The topological polar surface area (TPSA) is 107 Å². The van der Waals surface area contributed by atoms with E-state index in [1.54, 1.807) is 6.07 Å². The maximum Gasteiger partial charge on any atom is 0.239 e. The van der Waals surface area contributed by atoms with Crippen molar-refractivity contribution in [2.75, 3.05) is 6.61 Å². The number of nitrogens with two attached hydrogens (primary N) is 1. The van der Waals surface area contributed by atoms with Crippen molar-refractivity contribution in [1.82, 2.24) is 4.57 Å². The van der Waals surface area contributed by atoms with E-state index in [1.165, 1.54) is 19.3 Å². The number of ether oxygens (including phenoxy) is 1. The standard InChI is InChI=1S/C25H35N3O4S/c1-16-23(33(26,30)31)14-22(28(16)15-17-8-6-5-7-9-17)18-12-19-21(27-29)10-11-32-24(19)20(13-18)25(2,3)4/h12-14,17,29H,5-11,15H2,1-4H3,(H2,26,30,31). The molecule has 0 amide bonds. The number of benzene rings is 1. The van der Waals surface area contributed by atoms with Gasteiger partial charge in [0.15, 0.2) is 0 Å². The zero-order valence-electron chi connectivity index (χ0n) is 20.0. The summed E-state index contributed by atoms with van der Waals surface area (Å²) in [6.07, 6.45) is 6.50. The molecule has 2 aromatic rings. The first-order valence-corrected chi connectivity index (χ1v) is 13.3. The third kappa shape index (κ3) is 4.68. The van der Waals surface area contributed by atoms with E-state index >= 15 is 0 Å². The molecule has 2 heterocycles. The van der Waals surface area contributed by atoms with E-state index < -0.39 is 10.0 Å². The van der Waals surface area contributed by atoms with E-state index in [-0.39, 0.29) is 10.3 Å². The summed E-state index contributed by atoms with van der Waals surface area (Å²) in [4.78, 5) is 0.163. The smallest absolute Gasteiger partial charge is 0.239 e. The van der Waals surface area contributed by atoms with Crippen LogP contribution in [0.15, 0.2) is 28.3 Å². The highest BCUT2D eigenvalue weighted by Crippen LogP contribution is 2.42. The molecular weight excluding hydrogens is 438 g/mol. The Labute approximate surface area is 196 Å². The van der Waals surface area contributed by atoms with Crippen molar-refractivity contribution in [1.29, 1.82) is 0 Å². The van der Waals surface area contributed by atoms with Gasteiger partial charge in [0, 0.05) is 35.5 Å². The van der Waals surface area contributed by atoms with E-state index in [1.807, 2.05) is 13.0 Å². The van der Waals surface area contributed by atoms with Crippen molar-refractivity contribution in [3.63, 3.8) is 0 Å². The number of sulfonamides is 1. The number of oxime groups is 1. The van der Waals surface area contributed by atoms with E-state index in [0.29, 0.717) is 30.4 Å². The van der Waals surface area contributed by atoms with E-state index in [4.69, 9.17) is 9.88 Å². The summed E-state index contributed by atoms with van der Waals surface area (Å²) in [5, 5.41) is 18.8. The number of nitrogens with zero attached hydrogens (tertiary/aromatic N) is 2. The van der Waals surface area contributed by atoms with Crippen LogP contribution in [-0.2, 0) is 22.0 Å². The fraction of sp³-hybridized carbons (Fsp3) is 0.560. The molecule has 1 saturated carbocycles. The largest absolute Gasteiger partial charge is 0.492 e. The van der Waals surface area contributed by atoms with Crippen LogP contribution in [0, 0.1) is 12.8 Å². The maximum absolute atomic E-state index is 12.4. The van der Waals surface area contributed by atoms with Gasteiger partial charge in [-0.25, -0.2) is 13.6 Å². The average Bonchev–Trinajstić information content (AvgIpc) is 3.09. The SMILES string of the molecule is Cc1c(S(N)(=O)=O)cc(-c2cc3c(c(C(C)(C)C)c2)OCCC3=NO)n1CC1CCCCC1. The normalized spacial score (nSPS) is 18.9. The molecule has 1 aliphatic heterocycles. The zero-order chi connectivity index (χ0) is 24.0. The first-order chi connectivity index (χ1) is 15.5. The monoisotopic (exact) mass is 473 g/mol. The minimum atomic E-state index is -3.86. The van der Waals surface area contributed by atoms with Gasteiger partial charge in [0.25, 0.3) is 0 Å². The predicted molar refractivity (Wildman–Crippen MR) is 130 cm³/mol. The lowest BCUT2D eigenvalue weighted by Crippen LogP contribution is -2.22. The second kappa shape index (κ2) is 8.80. The van der Waals surface area contributed by atoms with Crippen LogP contribution in [0.4, 0.5) is 0 Å². The van der Waals surface area contributed by atoms with Crippen LogP contribution < -0.4 is 9.88 Å². The molecule has 0 bridgehead atoms. The molecule has 1 aromatic carbocycles. The van der Waals surface area contributed by atoms with Crippen molar-refractivity contribution < 1.29 is 18.4 Å². The fourth-order valence-corrected chi connectivity index (χ4v) is 6.00.